The number of halogens is 1. The molecule has 0 bridgehead atoms. The van der Waals surface area contributed by atoms with Crippen LogP contribution >= 0.6 is 15.9 Å². The first-order valence-corrected chi connectivity index (χ1v) is 8.33. The molecule has 0 atom stereocenters. The second-order valence-corrected chi connectivity index (χ2v) is 6.14. The van der Waals surface area contributed by atoms with Crippen LogP contribution < -0.4 is 10.6 Å². The molecule has 120 valence electrons. The van der Waals surface area contributed by atoms with Crippen molar-refractivity contribution in [1.82, 2.24) is 14.9 Å². The van der Waals surface area contributed by atoms with Gasteiger partial charge >= 0.3 is 0 Å². The van der Waals surface area contributed by atoms with Crippen LogP contribution in [0, 0.1) is 0 Å². The number of piperazine rings is 1. The predicted octanol–water partition coefficient (Wildman–Crippen LogP) is 1.88. The van der Waals surface area contributed by atoms with Gasteiger partial charge in [0, 0.05) is 43.0 Å². The quantitative estimate of drug-likeness (QED) is 0.655. The third kappa shape index (κ3) is 3.98. The van der Waals surface area contributed by atoms with Gasteiger partial charge in [0.05, 0.1) is 6.54 Å². The Hall–Kier alpha value is -2.15. The van der Waals surface area contributed by atoms with E-state index in [9.17, 15) is 0 Å². The second kappa shape index (κ2) is 7.41. The normalized spacial score (nSPS) is 15.8. The molecule has 2 aromatic rings. The van der Waals surface area contributed by atoms with Crippen molar-refractivity contribution in [2.75, 3.05) is 31.1 Å². The molecule has 1 aromatic heterocycles. The van der Waals surface area contributed by atoms with Crippen LogP contribution in [0.3, 0.4) is 0 Å². The first-order valence-electron chi connectivity index (χ1n) is 7.54. The summed E-state index contributed by atoms with van der Waals surface area (Å²) in [5, 5.41) is 0. The van der Waals surface area contributed by atoms with Gasteiger partial charge < -0.3 is 15.5 Å². The molecule has 1 fully saturated rings. The van der Waals surface area contributed by atoms with Crippen LogP contribution in [0.4, 0.5) is 5.95 Å². The summed E-state index contributed by atoms with van der Waals surface area (Å²) in [4.78, 5) is 17.4. The highest BCUT2D eigenvalue weighted by Crippen LogP contribution is 2.17. The number of rotatable bonds is 3. The highest BCUT2D eigenvalue weighted by molar-refractivity contribution is 9.10. The van der Waals surface area contributed by atoms with E-state index in [-0.39, 0.29) is 0 Å². The number of hydrogen-bond donors (Lipinski definition) is 1. The number of benzene rings is 1. The third-order valence-electron chi connectivity index (χ3n) is 3.81. The Balaban J connectivity index is 1.57. The predicted molar refractivity (Wildman–Crippen MR) is 95.3 cm³/mol. The Bertz CT molecular complexity index is 667. The molecule has 3 rings (SSSR count). The monoisotopic (exact) mass is 374 g/mol. The van der Waals surface area contributed by atoms with E-state index >= 15 is 0 Å². The van der Waals surface area contributed by atoms with Crippen molar-refractivity contribution in [3.8, 4) is 0 Å². The van der Waals surface area contributed by atoms with E-state index in [0.717, 1.165) is 42.2 Å². The minimum atomic E-state index is 0.579. The zero-order valence-corrected chi connectivity index (χ0v) is 14.4. The lowest BCUT2D eigenvalue weighted by atomic mass is 10.2. The minimum Gasteiger partial charge on any atom is -0.370 e. The fourth-order valence-electron chi connectivity index (χ4n) is 2.48. The molecule has 0 spiro atoms. The molecule has 0 aliphatic carbocycles. The Morgan fingerprint density at radius 3 is 2.48 bits per heavy atom. The van der Waals surface area contributed by atoms with Crippen LogP contribution in [0.2, 0.25) is 0 Å². The molecule has 0 radical (unpaired) electrons. The summed E-state index contributed by atoms with van der Waals surface area (Å²) in [6.45, 7) is 3.91. The molecular weight excluding hydrogens is 356 g/mol. The first kappa shape index (κ1) is 15.7. The standard InChI is InChI=1S/C16H19BrN6/c17-14-5-2-1-4-13(14)12-21-15(18)22-8-10-23(11-9-22)16-19-6-3-7-20-16/h1-7H,8-12H2,(H2,18,21). The van der Waals surface area contributed by atoms with E-state index in [1.807, 2.05) is 30.3 Å². The smallest absolute Gasteiger partial charge is 0.225 e. The number of anilines is 1. The van der Waals surface area contributed by atoms with Crippen LogP contribution in [0.25, 0.3) is 0 Å². The summed E-state index contributed by atoms with van der Waals surface area (Å²) in [5.41, 5.74) is 7.27. The van der Waals surface area contributed by atoms with Gasteiger partial charge in [0.2, 0.25) is 5.95 Å². The van der Waals surface area contributed by atoms with E-state index in [1.165, 1.54) is 0 Å². The van der Waals surface area contributed by atoms with E-state index in [0.29, 0.717) is 12.5 Å². The molecule has 1 saturated heterocycles. The lowest BCUT2D eigenvalue weighted by Crippen LogP contribution is -2.51. The average molecular weight is 375 g/mol. The topological polar surface area (TPSA) is 70.6 Å². The number of aliphatic imine (C=N–C) groups is 1. The highest BCUT2D eigenvalue weighted by Gasteiger charge is 2.19. The average Bonchev–Trinajstić information content (AvgIpc) is 2.62. The van der Waals surface area contributed by atoms with Crippen LogP contribution in [0.1, 0.15) is 5.56 Å². The van der Waals surface area contributed by atoms with E-state index in [1.54, 1.807) is 12.4 Å². The van der Waals surface area contributed by atoms with Crippen LogP contribution in [0.15, 0.2) is 52.2 Å². The Morgan fingerprint density at radius 2 is 1.78 bits per heavy atom. The fraction of sp³-hybridized carbons (Fsp3) is 0.312. The molecule has 0 saturated carbocycles. The zero-order valence-electron chi connectivity index (χ0n) is 12.8. The van der Waals surface area contributed by atoms with Gasteiger partial charge in [-0.2, -0.15) is 0 Å². The van der Waals surface area contributed by atoms with Gasteiger partial charge in [-0.3, -0.25) is 0 Å². The summed E-state index contributed by atoms with van der Waals surface area (Å²) in [6, 6.07) is 9.88. The summed E-state index contributed by atoms with van der Waals surface area (Å²) >= 11 is 3.53. The molecule has 1 aliphatic rings. The molecule has 23 heavy (non-hydrogen) atoms. The van der Waals surface area contributed by atoms with Gasteiger partial charge in [-0.15, -0.1) is 0 Å². The number of aromatic nitrogens is 2. The van der Waals surface area contributed by atoms with Gasteiger partial charge in [0.25, 0.3) is 0 Å². The summed E-state index contributed by atoms with van der Waals surface area (Å²) in [6.07, 6.45) is 3.53. The van der Waals surface area contributed by atoms with Crippen molar-refractivity contribution in [3.63, 3.8) is 0 Å². The SMILES string of the molecule is NC(=NCc1ccccc1Br)N1CCN(c2ncccn2)CC1. The number of nitrogens with two attached hydrogens (primary N) is 1. The molecule has 6 nitrogen and oxygen atoms in total. The van der Waals surface area contributed by atoms with Crippen LogP contribution in [0.5, 0.6) is 0 Å². The van der Waals surface area contributed by atoms with Crippen molar-refractivity contribution < 1.29 is 0 Å². The molecular formula is C16H19BrN6. The maximum atomic E-state index is 6.14. The lowest BCUT2D eigenvalue weighted by Gasteiger charge is -2.35. The maximum absolute atomic E-state index is 6.14. The van der Waals surface area contributed by atoms with E-state index in [2.05, 4.69) is 40.7 Å². The van der Waals surface area contributed by atoms with Crippen molar-refractivity contribution in [2.24, 2.45) is 10.7 Å². The molecule has 0 amide bonds. The van der Waals surface area contributed by atoms with Crippen LogP contribution in [-0.2, 0) is 6.54 Å². The number of guanidine groups is 1. The second-order valence-electron chi connectivity index (χ2n) is 5.29. The summed E-state index contributed by atoms with van der Waals surface area (Å²) in [5.74, 6) is 1.37. The van der Waals surface area contributed by atoms with Gasteiger partial charge in [0.1, 0.15) is 0 Å². The van der Waals surface area contributed by atoms with Gasteiger partial charge in [-0.25, -0.2) is 15.0 Å². The Morgan fingerprint density at radius 1 is 1.09 bits per heavy atom. The molecule has 2 N–H and O–H groups in total. The summed E-state index contributed by atoms with van der Waals surface area (Å²) in [7, 11) is 0. The zero-order chi connectivity index (χ0) is 16.1. The number of hydrogen-bond acceptors (Lipinski definition) is 4. The van der Waals surface area contributed by atoms with Crippen molar-refractivity contribution >= 4 is 27.8 Å². The van der Waals surface area contributed by atoms with Gasteiger partial charge in [0.15, 0.2) is 5.96 Å². The summed E-state index contributed by atoms with van der Waals surface area (Å²) < 4.78 is 1.06. The third-order valence-corrected chi connectivity index (χ3v) is 4.58. The Labute approximate surface area is 144 Å². The molecule has 7 heteroatoms. The van der Waals surface area contributed by atoms with Crippen LogP contribution in [-0.4, -0.2) is 47.0 Å². The highest BCUT2D eigenvalue weighted by atomic mass is 79.9. The molecule has 0 unspecified atom stereocenters. The van der Waals surface area contributed by atoms with Gasteiger partial charge in [-0.1, -0.05) is 34.1 Å². The van der Waals surface area contributed by atoms with Crippen molar-refractivity contribution in [1.29, 1.82) is 0 Å². The largest absolute Gasteiger partial charge is 0.370 e. The lowest BCUT2D eigenvalue weighted by molar-refractivity contribution is 0.378. The molecule has 1 aromatic carbocycles. The Kier molecular flexibility index (Phi) is 5.07. The minimum absolute atomic E-state index is 0.579. The van der Waals surface area contributed by atoms with E-state index in [4.69, 9.17) is 5.73 Å². The number of nitrogens with zero attached hydrogens (tertiary/aromatic N) is 5. The van der Waals surface area contributed by atoms with E-state index < -0.39 is 0 Å². The van der Waals surface area contributed by atoms with Gasteiger partial charge in [-0.05, 0) is 17.7 Å². The van der Waals surface area contributed by atoms with Crippen molar-refractivity contribution in [3.05, 3.63) is 52.8 Å². The van der Waals surface area contributed by atoms with Crippen molar-refractivity contribution in [2.45, 2.75) is 6.54 Å². The maximum Gasteiger partial charge on any atom is 0.225 e. The molecule has 2 heterocycles. The fourth-order valence-corrected chi connectivity index (χ4v) is 2.89. The first-order chi connectivity index (χ1) is 11.2. The molecule has 1 aliphatic heterocycles.